The van der Waals surface area contributed by atoms with Gasteiger partial charge in [0.1, 0.15) is 17.0 Å². The number of ether oxygens (including phenoxy) is 2. The molecule has 29 heavy (non-hydrogen) atoms. The maximum atomic E-state index is 12.2. The second-order valence-corrected chi connectivity index (χ2v) is 6.61. The molecule has 1 N–H and O–H groups in total. The first-order chi connectivity index (χ1) is 14.1. The maximum absolute atomic E-state index is 12.2. The molecule has 1 heterocycles. The Morgan fingerprint density at radius 3 is 2.79 bits per heavy atom. The lowest BCUT2D eigenvalue weighted by Gasteiger charge is -2.08. The Morgan fingerprint density at radius 2 is 1.97 bits per heavy atom. The molecule has 0 aliphatic carbocycles. The van der Waals surface area contributed by atoms with Crippen LogP contribution in [0.15, 0.2) is 71.1 Å². The van der Waals surface area contributed by atoms with E-state index in [1.54, 1.807) is 49.6 Å². The number of aromatic nitrogens is 1. The highest BCUT2D eigenvalue weighted by Crippen LogP contribution is 2.28. The van der Waals surface area contributed by atoms with Gasteiger partial charge in [0.25, 0.3) is 5.91 Å². The number of halogens is 1. The number of carbonyl (C=O) groups is 1. The summed E-state index contributed by atoms with van der Waals surface area (Å²) in [6.45, 7) is -0.159. The Kier molecular flexibility index (Phi) is 5.35. The van der Waals surface area contributed by atoms with Gasteiger partial charge < -0.3 is 19.2 Å². The van der Waals surface area contributed by atoms with E-state index in [0.717, 1.165) is 11.3 Å². The van der Waals surface area contributed by atoms with Crippen LogP contribution in [-0.4, -0.2) is 24.6 Å². The topological polar surface area (TPSA) is 73.6 Å². The number of hydrogen-bond acceptors (Lipinski definition) is 5. The van der Waals surface area contributed by atoms with Gasteiger partial charge in [-0.25, -0.2) is 4.98 Å². The molecule has 0 saturated carbocycles. The molecule has 0 aliphatic heterocycles. The zero-order valence-corrected chi connectivity index (χ0v) is 16.3. The molecule has 4 rings (SSSR count). The molecule has 1 aromatic heterocycles. The van der Waals surface area contributed by atoms with Crippen molar-refractivity contribution in [3.05, 3.63) is 71.8 Å². The van der Waals surface area contributed by atoms with Gasteiger partial charge in [-0.15, -0.1) is 0 Å². The molecule has 0 fully saturated rings. The first-order valence-electron chi connectivity index (χ1n) is 8.84. The number of para-hydroxylation sites is 1. The van der Waals surface area contributed by atoms with Crippen LogP contribution in [0.4, 0.5) is 5.69 Å². The van der Waals surface area contributed by atoms with Gasteiger partial charge in [-0.1, -0.05) is 29.8 Å². The lowest BCUT2D eigenvalue weighted by atomic mass is 10.2. The molecule has 4 aromatic rings. The monoisotopic (exact) mass is 408 g/mol. The first-order valence-corrected chi connectivity index (χ1v) is 9.22. The van der Waals surface area contributed by atoms with Gasteiger partial charge in [-0.3, -0.25) is 4.79 Å². The molecule has 0 radical (unpaired) electrons. The maximum Gasteiger partial charge on any atom is 0.262 e. The van der Waals surface area contributed by atoms with E-state index in [1.807, 2.05) is 24.3 Å². The van der Waals surface area contributed by atoms with E-state index >= 15 is 0 Å². The van der Waals surface area contributed by atoms with E-state index in [1.165, 1.54) is 0 Å². The van der Waals surface area contributed by atoms with E-state index in [2.05, 4.69) is 10.3 Å². The van der Waals surface area contributed by atoms with Gasteiger partial charge in [-0.2, -0.15) is 0 Å². The second-order valence-electron chi connectivity index (χ2n) is 6.20. The lowest BCUT2D eigenvalue weighted by Crippen LogP contribution is -2.20. The number of nitrogens with one attached hydrogen (secondary N) is 1. The molecule has 0 atom stereocenters. The van der Waals surface area contributed by atoms with Crippen LogP contribution >= 0.6 is 11.6 Å². The fourth-order valence-corrected chi connectivity index (χ4v) is 2.97. The molecular weight excluding hydrogens is 392 g/mol. The molecule has 0 saturated heterocycles. The summed E-state index contributed by atoms with van der Waals surface area (Å²) in [6.07, 6.45) is 0. The number of anilines is 1. The van der Waals surface area contributed by atoms with Crippen LogP contribution in [-0.2, 0) is 4.79 Å². The van der Waals surface area contributed by atoms with Crippen molar-refractivity contribution in [2.24, 2.45) is 0 Å². The third-order valence-electron chi connectivity index (χ3n) is 4.18. The minimum Gasteiger partial charge on any atom is -0.497 e. The molecule has 0 bridgehead atoms. The van der Waals surface area contributed by atoms with Crippen LogP contribution < -0.4 is 14.8 Å². The van der Waals surface area contributed by atoms with Crippen LogP contribution in [0, 0.1) is 0 Å². The van der Waals surface area contributed by atoms with Crippen LogP contribution in [0.5, 0.6) is 11.5 Å². The van der Waals surface area contributed by atoms with Gasteiger partial charge >= 0.3 is 0 Å². The minimum atomic E-state index is -0.309. The summed E-state index contributed by atoms with van der Waals surface area (Å²) in [4.78, 5) is 16.7. The Hall–Kier alpha value is -3.51. The van der Waals surface area contributed by atoms with Crippen molar-refractivity contribution in [1.82, 2.24) is 4.98 Å². The average Bonchev–Trinajstić information content (AvgIpc) is 3.17. The second kappa shape index (κ2) is 8.24. The van der Waals surface area contributed by atoms with E-state index in [0.29, 0.717) is 33.4 Å². The lowest BCUT2D eigenvalue weighted by molar-refractivity contribution is -0.118. The van der Waals surface area contributed by atoms with Crippen molar-refractivity contribution in [3.8, 4) is 23.0 Å². The average molecular weight is 409 g/mol. The van der Waals surface area contributed by atoms with Crippen molar-refractivity contribution in [3.63, 3.8) is 0 Å². The smallest absolute Gasteiger partial charge is 0.262 e. The SMILES string of the molecule is COc1cccc(-c2nc3ccc(NC(=O)COc4ccccc4Cl)cc3o2)c1. The van der Waals surface area contributed by atoms with E-state index < -0.39 is 0 Å². The van der Waals surface area contributed by atoms with Crippen molar-refractivity contribution >= 4 is 34.3 Å². The zero-order valence-electron chi connectivity index (χ0n) is 15.5. The van der Waals surface area contributed by atoms with Crippen LogP contribution in [0.1, 0.15) is 0 Å². The molecule has 0 unspecified atom stereocenters. The molecule has 0 spiro atoms. The van der Waals surface area contributed by atoms with Gasteiger partial charge in [-0.05, 0) is 42.5 Å². The zero-order chi connectivity index (χ0) is 20.2. The standard InChI is InChI=1S/C22H17ClN2O4/c1-27-16-6-4-5-14(11-16)22-25-18-10-9-15(12-20(18)29-22)24-21(26)13-28-19-8-3-2-7-17(19)23/h2-12H,13H2,1H3,(H,24,26). The molecule has 3 aromatic carbocycles. The minimum absolute atomic E-state index is 0.159. The first kappa shape index (κ1) is 18.8. The number of amides is 1. The summed E-state index contributed by atoms with van der Waals surface area (Å²) < 4.78 is 16.5. The fraction of sp³-hybridized carbons (Fsp3) is 0.0909. The summed E-state index contributed by atoms with van der Waals surface area (Å²) in [5.74, 6) is 1.34. The van der Waals surface area contributed by atoms with Crippen molar-refractivity contribution in [1.29, 1.82) is 0 Å². The largest absolute Gasteiger partial charge is 0.497 e. The summed E-state index contributed by atoms with van der Waals surface area (Å²) in [6, 6.07) is 19.7. The Balaban J connectivity index is 1.47. The number of rotatable bonds is 6. The number of fused-ring (bicyclic) bond motifs is 1. The predicted molar refractivity (Wildman–Crippen MR) is 112 cm³/mol. The predicted octanol–water partition coefficient (Wildman–Crippen LogP) is 5.17. The van der Waals surface area contributed by atoms with Crippen LogP contribution in [0.2, 0.25) is 5.02 Å². The highest BCUT2D eigenvalue weighted by Gasteiger charge is 2.11. The summed E-state index contributed by atoms with van der Waals surface area (Å²) in [7, 11) is 1.61. The molecule has 146 valence electrons. The van der Waals surface area contributed by atoms with Crippen molar-refractivity contribution in [2.45, 2.75) is 0 Å². The number of carbonyl (C=O) groups excluding carboxylic acids is 1. The molecule has 7 heteroatoms. The highest BCUT2D eigenvalue weighted by molar-refractivity contribution is 6.32. The third kappa shape index (κ3) is 4.33. The van der Waals surface area contributed by atoms with E-state index in [9.17, 15) is 4.79 Å². The number of benzene rings is 3. The molecule has 0 aliphatic rings. The normalized spacial score (nSPS) is 10.7. The highest BCUT2D eigenvalue weighted by atomic mass is 35.5. The van der Waals surface area contributed by atoms with Gasteiger partial charge in [0.15, 0.2) is 12.2 Å². The Morgan fingerprint density at radius 1 is 1.10 bits per heavy atom. The Bertz CT molecular complexity index is 1170. The van der Waals surface area contributed by atoms with Gasteiger partial charge in [0.05, 0.1) is 12.1 Å². The molecular formula is C22H17ClN2O4. The molecule has 6 nitrogen and oxygen atoms in total. The third-order valence-corrected chi connectivity index (χ3v) is 4.50. The number of nitrogens with zero attached hydrogens (tertiary/aromatic N) is 1. The molecule has 1 amide bonds. The van der Waals surface area contributed by atoms with E-state index in [4.69, 9.17) is 25.5 Å². The Labute approximate surface area is 172 Å². The van der Waals surface area contributed by atoms with Crippen molar-refractivity contribution < 1.29 is 18.7 Å². The van der Waals surface area contributed by atoms with E-state index in [-0.39, 0.29) is 12.5 Å². The number of hydrogen-bond donors (Lipinski definition) is 1. The van der Waals surface area contributed by atoms with Gasteiger partial charge in [0, 0.05) is 17.3 Å². The number of oxazole rings is 1. The van der Waals surface area contributed by atoms with Gasteiger partial charge in [0.2, 0.25) is 5.89 Å². The summed E-state index contributed by atoms with van der Waals surface area (Å²) in [5, 5.41) is 3.23. The van der Waals surface area contributed by atoms with Crippen LogP contribution in [0.25, 0.3) is 22.6 Å². The quantitative estimate of drug-likeness (QED) is 0.476. The number of methoxy groups -OCH3 is 1. The fourth-order valence-electron chi connectivity index (χ4n) is 2.78. The summed E-state index contributed by atoms with van der Waals surface area (Å²) in [5.41, 5.74) is 2.64. The van der Waals surface area contributed by atoms with Crippen LogP contribution in [0.3, 0.4) is 0 Å². The van der Waals surface area contributed by atoms with Crippen molar-refractivity contribution in [2.75, 3.05) is 19.0 Å². The summed E-state index contributed by atoms with van der Waals surface area (Å²) >= 11 is 6.02.